The van der Waals surface area contributed by atoms with Gasteiger partial charge < -0.3 is 15.1 Å². The van der Waals surface area contributed by atoms with E-state index in [0.717, 1.165) is 38.4 Å². The van der Waals surface area contributed by atoms with Gasteiger partial charge in [0.05, 0.1) is 0 Å². The maximum atomic E-state index is 12.2. The molecule has 1 aliphatic rings. The van der Waals surface area contributed by atoms with Crippen LogP contribution in [0.25, 0.3) is 0 Å². The number of nitrogens with one attached hydrogen (secondary N) is 1. The van der Waals surface area contributed by atoms with Crippen LogP contribution in [0.1, 0.15) is 46.0 Å². The Morgan fingerprint density at radius 2 is 2.18 bits per heavy atom. The third kappa shape index (κ3) is 7.65. The van der Waals surface area contributed by atoms with Crippen LogP contribution in [0.3, 0.4) is 0 Å². The van der Waals surface area contributed by atoms with Crippen molar-refractivity contribution in [3.63, 3.8) is 0 Å². The molecule has 0 aromatic carbocycles. The summed E-state index contributed by atoms with van der Waals surface area (Å²) in [7, 11) is 3.83. The van der Waals surface area contributed by atoms with Gasteiger partial charge in [0.15, 0.2) is 5.96 Å². The number of hydrogen-bond acceptors (Lipinski definition) is 2. The molecule has 1 rings (SSSR count). The van der Waals surface area contributed by atoms with Crippen molar-refractivity contribution < 1.29 is 4.79 Å². The Bertz CT molecular complexity index is 349. The van der Waals surface area contributed by atoms with Gasteiger partial charge in [0.1, 0.15) is 0 Å². The van der Waals surface area contributed by atoms with E-state index in [9.17, 15) is 4.79 Å². The third-order valence-electron chi connectivity index (χ3n) is 4.05. The number of guanidine groups is 1. The molecule has 0 radical (unpaired) electrons. The van der Waals surface area contributed by atoms with Crippen molar-refractivity contribution in [2.24, 2.45) is 10.9 Å². The van der Waals surface area contributed by atoms with E-state index in [1.807, 2.05) is 11.9 Å². The highest BCUT2D eigenvalue weighted by molar-refractivity contribution is 14.0. The number of nitrogens with zero attached hydrogens (tertiary/aromatic N) is 3. The largest absolute Gasteiger partial charge is 0.356 e. The van der Waals surface area contributed by atoms with Gasteiger partial charge >= 0.3 is 0 Å². The minimum atomic E-state index is 0. The number of piperidine rings is 1. The lowest BCUT2D eigenvalue weighted by molar-refractivity contribution is -0.132. The molecule has 0 aromatic rings. The number of carbonyl (C=O) groups is 1. The summed E-state index contributed by atoms with van der Waals surface area (Å²) in [6.45, 7) is 7.91. The van der Waals surface area contributed by atoms with Crippen molar-refractivity contribution in [2.75, 3.05) is 40.3 Å². The van der Waals surface area contributed by atoms with Crippen molar-refractivity contribution in [3.8, 4) is 0 Å². The molecule has 5 nitrogen and oxygen atoms in total. The maximum Gasteiger partial charge on any atom is 0.224 e. The number of aliphatic imine (C=N–C) groups is 1. The van der Waals surface area contributed by atoms with Crippen molar-refractivity contribution in [2.45, 2.75) is 46.0 Å². The van der Waals surface area contributed by atoms with Crippen LogP contribution in [0.2, 0.25) is 0 Å². The van der Waals surface area contributed by atoms with Gasteiger partial charge in [-0.2, -0.15) is 0 Å². The molecule has 1 fully saturated rings. The normalized spacial score (nSPS) is 18.6. The summed E-state index contributed by atoms with van der Waals surface area (Å²) < 4.78 is 0. The van der Waals surface area contributed by atoms with Gasteiger partial charge in [-0.3, -0.25) is 9.79 Å². The van der Waals surface area contributed by atoms with Crippen LogP contribution in [0.4, 0.5) is 0 Å². The Morgan fingerprint density at radius 3 is 2.77 bits per heavy atom. The number of amides is 1. The molecule has 0 aliphatic carbocycles. The maximum absolute atomic E-state index is 12.2. The molecule has 1 N–H and O–H groups in total. The molecule has 1 aliphatic heterocycles. The zero-order chi connectivity index (χ0) is 15.7. The average Bonchev–Trinajstić information content (AvgIpc) is 2.49. The molecule has 0 aromatic heterocycles. The van der Waals surface area contributed by atoms with Gasteiger partial charge in [-0.25, -0.2) is 0 Å². The molecule has 1 atom stereocenters. The van der Waals surface area contributed by atoms with E-state index in [-0.39, 0.29) is 29.9 Å². The van der Waals surface area contributed by atoms with E-state index in [4.69, 9.17) is 0 Å². The van der Waals surface area contributed by atoms with Crippen molar-refractivity contribution in [1.29, 1.82) is 0 Å². The van der Waals surface area contributed by atoms with E-state index < -0.39 is 0 Å². The van der Waals surface area contributed by atoms with E-state index in [0.29, 0.717) is 18.9 Å². The second-order valence-electron chi connectivity index (χ2n) is 6.09. The first-order chi connectivity index (χ1) is 10.1. The summed E-state index contributed by atoms with van der Waals surface area (Å²) in [5, 5.41) is 3.29. The highest BCUT2D eigenvalue weighted by Crippen LogP contribution is 2.15. The summed E-state index contributed by atoms with van der Waals surface area (Å²) in [6.07, 6.45) is 5.26. The molecule has 22 heavy (non-hydrogen) atoms. The van der Waals surface area contributed by atoms with Gasteiger partial charge in [0.25, 0.3) is 0 Å². The van der Waals surface area contributed by atoms with E-state index in [1.54, 1.807) is 7.05 Å². The van der Waals surface area contributed by atoms with E-state index in [1.165, 1.54) is 12.8 Å². The Kier molecular flexibility index (Phi) is 11.7. The topological polar surface area (TPSA) is 47.9 Å². The zero-order valence-corrected chi connectivity index (χ0v) is 16.9. The number of hydrogen-bond donors (Lipinski definition) is 1. The van der Waals surface area contributed by atoms with Crippen molar-refractivity contribution in [3.05, 3.63) is 0 Å². The Hall–Kier alpha value is -0.530. The summed E-state index contributed by atoms with van der Waals surface area (Å²) in [6, 6.07) is 0. The summed E-state index contributed by atoms with van der Waals surface area (Å²) in [5.41, 5.74) is 0. The fourth-order valence-corrected chi connectivity index (χ4v) is 2.74. The number of unbranched alkanes of at least 4 members (excludes halogenated alkanes) is 1. The Labute approximate surface area is 152 Å². The summed E-state index contributed by atoms with van der Waals surface area (Å²) >= 11 is 0. The predicted molar refractivity (Wildman–Crippen MR) is 104 cm³/mol. The third-order valence-corrected chi connectivity index (χ3v) is 4.05. The smallest absolute Gasteiger partial charge is 0.224 e. The molecule has 130 valence electrons. The van der Waals surface area contributed by atoms with Crippen LogP contribution < -0.4 is 5.32 Å². The lowest BCUT2D eigenvalue weighted by Crippen LogP contribution is -2.43. The highest BCUT2D eigenvalue weighted by Gasteiger charge is 2.20. The number of rotatable bonds is 6. The van der Waals surface area contributed by atoms with E-state index in [2.05, 4.69) is 29.1 Å². The summed E-state index contributed by atoms with van der Waals surface area (Å²) in [5.74, 6) is 1.78. The molecule has 0 saturated carbocycles. The first kappa shape index (κ1) is 21.5. The number of likely N-dealkylation sites (tertiary alicyclic amines) is 1. The monoisotopic (exact) mass is 424 g/mol. The molecule has 1 heterocycles. The molecular weight excluding hydrogens is 391 g/mol. The van der Waals surface area contributed by atoms with Gasteiger partial charge in [-0.05, 0) is 25.2 Å². The molecule has 1 amide bonds. The fourth-order valence-electron chi connectivity index (χ4n) is 2.74. The first-order valence-electron chi connectivity index (χ1n) is 8.28. The highest BCUT2D eigenvalue weighted by atomic mass is 127. The predicted octanol–water partition coefficient (Wildman–Crippen LogP) is 2.56. The zero-order valence-electron chi connectivity index (χ0n) is 14.6. The van der Waals surface area contributed by atoms with Crippen LogP contribution in [-0.2, 0) is 4.79 Å². The molecule has 0 spiro atoms. The molecule has 1 saturated heterocycles. The number of halogens is 1. The summed E-state index contributed by atoms with van der Waals surface area (Å²) in [4.78, 5) is 20.6. The standard InChI is InChI=1S/C16H32N4O.HI/c1-5-6-11-19(4)16(17-3)18-10-9-15(21)20-12-7-8-14(2)13-20;/h14H,5-13H2,1-4H3,(H,17,18);1H. The van der Waals surface area contributed by atoms with Crippen molar-refractivity contribution in [1.82, 2.24) is 15.1 Å². The van der Waals surface area contributed by atoms with Crippen LogP contribution in [0.5, 0.6) is 0 Å². The molecule has 1 unspecified atom stereocenters. The van der Waals surface area contributed by atoms with Crippen molar-refractivity contribution >= 4 is 35.8 Å². The quantitative estimate of drug-likeness (QED) is 0.405. The number of carbonyl (C=O) groups excluding carboxylic acids is 1. The van der Waals surface area contributed by atoms with Gasteiger partial charge in [0, 0.05) is 46.7 Å². The van der Waals surface area contributed by atoms with Crippen LogP contribution >= 0.6 is 24.0 Å². The minimum Gasteiger partial charge on any atom is -0.356 e. The second kappa shape index (κ2) is 12.0. The second-order valence-corrected chi connectivity index (χ2v) is 6.09. The lowest BCUT2D eigenvalue weighted by Gasteiger charge is -2.31. The molecule has 0 bridgehead atoms. The lowest BCUT2D eigenvalue weighted by atomic mass is 10.00. The van der Waals surface area contributed by atoms with Gasteiger partial charge in [-0.15, -0.1) is 24.0 Å². The van der Waals surface area contributed by atoms with Crippen LogP contribution in [0, 0.1) is 5.92 Å². The van der Waals surface area contributed by atoms with Crippen LogP contribution in [-0.4, -0.2) is 61.9 Å². The molecular formula is C16H33IN4O. The fraction of sp³-hybridized carbons (Fsp3) is 0.875. The molecule has 6 heteroatoms. The van der Waals surface area contributed by atoms with Crippen LogP contribution in [0.15, 0.2) is 4.99 Å². The minimum absolute atomic E-state index is 0. The van der Waals surface area contributed by atoms with Gasteiger partial charge in [0.2, 0.25) is 5.91 Å². The van der Waals surface area contributed by atoms with Gasteiger partial charge in [-0.1, -0.05) is 20.3 Å². The Morgan fingerprint density at radius 1 is 1.45 bits per heavy atom. The Balaban J connectivity index is 0.00000441. The van der Waals surface area contributed by atoms with E-state index >= 15 is 0 Å². The average molecular weight is 424 g/mol. The first-order valence-corrected chi connectivity index (χ1v) is 8.28. The SMILES string of the molecule is CCCCN(C)C(=NC)NCCC(=O)N1CCCC(C)C1.I.